The molecule has 1 heterocycles. The van der Waals surface area contributed by atoms with Crippen LogP contribution < -0.4 is 5.32 Å². The Morgan fingerprint density at radius 1 is 1.33 bits per heavy atom. The zero-order chi connectivity index (χ0) is 17.9. The van der Waals surface area contributed by atoms with Crippen LogP contribution in [0.1, 0.15) is 48.5 Å². The fourth-order valence-electron chi connectivity index (χ4n) is 2.13. The van der Waals surface area contributed by atoms with Gasteiger partial charge in [-0.25, -0.2) is 4.79 Å². The molecule has 1 N–H and O–H groups in total. The Hall–Kier alpha value is -2.51. The Kier molecular flexibility index (Phi) is 5.16. The SMILES string of the molecule is CCOC(=O)c1oc(Nc2ccccc2C(C)C)nc1C(F)(F)F. The lowest BCUT2D eigenvalue weighted by atomic mass is 10.0. The van der Waals surface area contributed by atoms with E-state index in [4.69, 9.17) is 4.42 Å². The van der Waals surface area contributed by atoms with Gasteiger partial charge in [0.1, 0.15) is 0 Å². The molecule has 24 heavy (non-hydrogen) atoms. The second kappa shape index (κ2) is 6.94. The summed E-state index contributed by atoms with van der Waals surface area (Å²) in [7, 11) is 0. The third kappa shape index (κ3) is 3.87. The monoisotopic (exact) mass is 342 g/mol. The number of aromatic nitrogens is 1. The summed E-state index contributed by atoms with van der Waals surface area (Å²) in [4.78, 5) is 15.0. The molecule has 0 unspecified atom stereocenters. The lowest BCUT2D eigenvalue weighted by Crippen LogP contribution is -2.14. The van der Waals surface area contributed by atoms with Gasteiger partial charge in [0.15, 0.2) is 5.69 Å². The maximum atomic E-state index is 13.1. The standard InChI is InChI=1S/C16H17F3N2O3/c1-4-23-14(22)12-13(16(17,18)19)21-15(24-12)20-11-8-6-5-7-10(11)9(2)3/h5-9H,4H2,1-3H3,(H,20,21). The normalized spacial score (nSPS) is 11.6. The molecule has 8 heteroatoms. The van der Waals surface area contributed by atoms with Crippen molar-refractivity contribution in [3.05, 3.63) is 41.3 Å². The van der Waals surface area contributed by atoms with Crippen molar-refractivity contribution >= 4 is 17.7 Å². The lowest BCUT2D eigenvalue weighted by Gasteiger charge is -2.12. The molecule has 0 bridgehead atoms. The number of rotatable bonds is 5. The van der Waals surface area contributed by atoms with E-state index in [2.05, 4.69) is 15.0 Å². The maximum absolute atomic E-state index is 13.1. The van der Waals surface area contributed by atoms with Gasteiger partial charge in [0.05, 0.1) is 6.61 Å². The summed E-state index contributed by atoms with van der Waals surface area (Å²) in [5.41, 5.74) is 0.0188. The van der Waals surface area contributed by atoms with Crippen LogP contribution in [0.2, 0.25) is 0 Å². The van der Waals surface area contributed by atoms with Gasteiger partial charge in [-0.3, -0.25) is 0 Å². The highest BCUT2D eigenvalue weighted by atomic mass is 19.4. The summed E-state index contributed by atoms with van der Waals surface area (Å²) < 4.78 is 48.7. The van der Waals surface area contributed by atoms with Gasteiger partial charge in [0.2, 0.25) is 5.76 Å². The summed E-state index contributed by atoms with van der Waals surface area (Å²) in [5.74, 6) is -2.04. The highest BCUT2D eigenvalue weighted by Crippen LogP contribution is 2.35. The average Bonchev–Trinajstić information content (AvgIpc) is 2.92. The number of oxazole rings is 1. The number of para-hydroxylation sites is 1. The molecule has 1 aromatic heterocycles. The third-order valence-corrected chi connectivity index (χ3v) is 3.18. The van der Waals surface area contributed by atoms with E-state index in [1.165, 1.54) is 6.92 Å². The molecule has 0 aliphatic carbocycles. The summed E-state index contributed by atoms with van der Waals surface area (Å²) >= 11 is 0. The van der Waals surface area contributed by atoms with Gasteiger partial charge in [-0.05, 0) is 24.5 Å². The molecule has 0 spiro atoms. The molecule has 5 nitrogen and oxygen atoms in total. The fourth-order valence-corrected chi connectivity index (χ4v) is 2.13. The number of hydrogen-bond acceptors (Lipinski definition) is 5. The van der Waals surface area contributed by atoms with Crippen LogP contribution in [0.5, 0.6) is 0 Å². The minimum atomic E-state index is -4.83. The lowest BCUT2D eigenvalue weighted by molar-refractivity contribution is -0.141. The number of nitrogens with zero attached hydrogens (tertiary/aromatic N) is 1. The van der Waals surface area contributed by atoms with Crippen molar-refractivity contribution in [3.8, 4) is 0 Å². The molecular formula is C16H17F3N2O3. The minimum Gasteiger partial charge on any atom is -0.460 e. The van der Waals surface area contributed by atoms with Crippen LogP contribution in [0.15, 0.2) is 28.7 Å². The average molecular weight is 342 g/mol. The van der Waals surface area contributed by atoms with Crippen molar-refractivity contribution in [1.82, 2.24) is 4.98 Å². The minimum absolute atomic E-state index is 0.0736. The first-order valence-electron chi connectivity index (χ1n) is 7.35. The molecule has 0 radical (unpaired) electrons. The number of carbonyl (C=O) groups excluding carboxylic acids is 1. The summed E-state index contributed by atoms with van der Waals surface area (Å²) in [6, 6.07) is 6.66. The van der Waals surface area contributed by atoms with Crippen molar-refractivity contribution in [3.63, 3.8) is 0 Å². The first-order valence-corrected chi connectivity index (χ1v) is 7.35. The predicted octanol–water partition coefficient (Wildman–Crippen LogP) is 4.74. The van der Waals surface area contributed by atoms with Crippen molar-refractivity contribution in [1.29, 1.82) is 0 Å². The molecule has 0 aliphatic rings. The molecule has 2 rings (SSSR count). The second-order valence-electron chi connectivity index (χ2n) is 5.28. The molecular weight excluding hydrogens is 325 g/mol. The van der Waals surface area contributed by atoms with Crippen molar-refractivity contribution in [2.45, 2.75) is 32.9 Å². The summed E-state index contributed by atoms with van der Waals surface area (Å²) in [6.45, 7) is 5.30. The van der Waals surface area contributed by atoms with E-state index >= 15 is 0 Å². The van der Waals surface area contributed by atoms with Gasteiger partial charge in [-0.2, -0.15) is 18.2 Å². The number of hydrogen-bond donors (Lipinski definition) is 1. The highest BCUT2D eigenvalue weighted by molar-refractivity contribution is 5.88. The molecule has 1 aromatic carbocycles. The molecule has 0 fully saturated rings. The number of ether oxygens (including phenoxy) is 1. The van der Waals surface area contributed by atoms with Crippen LogP contribution in [0, 0.1) is 0 Å². The molecule has 130 valence electrons. The van der Waals surface area contributed by atoms with E-state index < -0.39 is 29.6 Å². The van der Waals surface area contributed by atoms with Crippen LogP contribution in [0.25, 0.3) is 0 Å². The van der Waals surface area contributed by atoms with E-state index in [0.29, 0.717) is 5.69 Å². The molecule has 2 aromatic rings. The quantitative estimate of drug-likeness (QED) is 0.795. The number of halogens is 3. The molecule has 0 saturated carbocycles. The van der Waals surface area contributed by atoms with Crippen molar-refractivity contribution in [2.75, 3.05) is 11.9 Å². The van der Waals surface area contributed by atoms with Gasteiger partial charge in [0, 0.05) is 5.69 Å². The van der Waals surface area contributed by atoms with Crippen LogP contribution >= 0.6 is 0 Å². The van der Waals surface area contributed by atoms with Crippen molar-refractivity contribution in [2.24, 2.45) is 0 Å². The Bertz CT molecular complexity index is 724. The largest absolute Gasteiger partial charge is 0.460 e. The number of esters is 1. The first-order chi connectivity index (χ1) is 11.2. The topological polar surface area (TPSA) is 64.4 Å². The predicted molar refractivity (Wildman–Crippen MR) is 81.3 cm³/mol. The van der Waals surface area contributed by atoms with Crippen molar-refractivity contribution < 1.29 is 27.1 Å². The number of carbonyl (C=O) groups is 1. The van der Waals surface area contributed by atoms with Crippen LogP contribution in [0.3, 0.4) is 0 Å². The van der Waals surface area contributed by atoms with E-state index in [9.17, 15) is 18.0 Å². The van der Waals surface area contributed by atoms with Gasteiger partial charge in [0.25, 0.3) is 0 Å². The fraction of sp³-hybridized carbons (Fsp3) is 0.375. The Balaban J connectivity index is 2.41. The Labute approximate surface area is 136 Å². The van der Waals surface area contributed by atoms with Crippen LogP contribution in [0.4, 0.5) is 24.9 Å². The number of nitrogens with one attached hydrogen (secondary N) is 1. The van der Waals surface area contributed by atoms with Gasteiger partial charge >= 0.3 is 18.2 Å². The Morgan fingerprint density at radius 3 is 2.58 bits per heavy atom. The van der Waals surface area contributed by atoms with Gasteiger partial charge in [-0.15, -0.1) is 0 Å². The van der Waals surface area contributed by atoms with Gasteiger partial charge in [-0.1, -0.05) is 32.0 Å². The van der Waals surface area contributed by atoms with E-state index in [1.807, 2.05) is 26.0 Å². The summed E-state index contributed by atoms with van der Waals surface area (Å²) in [5, 5.41) is 2.70. The molecule has 0 amide bonds. The first kappa shape index (κ1) is 17.8. The number of alkyl halides is 3. The van der Waals surface area contributed by atoms with Crippen LogP contribution in [-0.4, -0.2) is 17.6 Å². The third-order valence-electron chi connectivity index (χ3n) is 3.18. The number of benzene rings is 1. The zero-order valence-electron chi connectivity index (χ0n) is 13.4. The summed E-state index contributed by atoms with van der Waals surface area (Å²) in [6.07, 6.45) is -4.83. The van der Waals surface area contributed by atoms with Crippen LogP contribution in [-0.2, 0) is 10.9 Å². The van der Waals surface area contributed by atoms with E-state index in [1.54, 1.807) is 12.1 Å². The highest BCUT2D eigenvalue weighted by Gasteiger charge is 2.42. The molecule has 0 aliphatic heterocycles. The van der Waals surface area contributed by atoms with E-state index in [-0.39, 0.29) is 12.5 Å². The maximum Gasteiger partial charge on any atom is 0.437 e. The zero-order valence-corrected chi connectivity index (χ0v) is 13.4. The molecule has 0 atom stereocenters. The number of anilines is 2. The second-order valence-corrected chi connectivity index (χ2v) is 5.28. The van der Waals surface area contributed by atoms with E-state index in [0.717, 1.165) is 5.56 Å². The smallest absolute Gasteiger partial charge is 0.437 e. The Morgan fingerprint density at radius 2 is 2.00 bits per heavy atom. The van der Waals surface area contributed by atoms with Gasteiger partial charge < -0.3 is 14.5 Å². The molecule has 0 saturated heterocycles.